The maximum Gasteiger partial charge on any atom is 0.268 e. The zero-order valence-electron chi connectivity index (χ0n) is 26.6. The molecule has 1 saturated carbocycles. The predicted molar refractivity (Wildman–Crippen MR) is 178 cm³/mol. The molecule has 2 fully saturated rings. The van der Waals surface area contributed by atoms with E-state index in [9.17, 15) is 9.59 Å². The lowest BCUT2D eigenvalue weighted by atomic mass is 10.1. The molecular weight excluding hydrogens is 592 g/mol. The largest absolute Gasteiger partial charge is 0.494 e. The molecule has 1 aliphatic heterocycles. The Kier molecular flexibility index (Phi) is 9.81. The Bertz CT molecular complexity index is 1740. The molecule has 1 saturated heterocycles. The number of carbonyl (C=O) groups excluding carboxylic acids is 2. The summed E-state index contributed by atoms with van der Waals surface area (Å²) in [5.74, 6) is 1.99. The summed E-state index contributed by atoms with van der Waals surface area (Å²) in [6, 6.07) is 10.1. The average Bonchev–Trinajstić information content (AvgIpc) is 3.70. The van der Waals surface area contributed by atoms with E-state index in [1.54, 1.807) is 12.1 Å². The van der Waals surface area contributed by atoms with Gasteiger partial charge in [-0.2, -0.15) is 0 Å². The van der Waals surface area contributed by atoms with Crippen molar-refractivity contribution in [1.29, 1.82) is 0 Å². The summed E-state index contributed by atoms with van der Waals surface area (Å²) < 4.78 is 10.2. The average molecular weight is 635 g/mol. The van der Waals surface area contributed by atoms with Crippen molar-refractivity contribution in [3.05, 3.63) is 53.7 Å². The molecule has 0 spiro atoms. The van der Waals surface area contributed by atoms with Gasteiger partial charge in [0.25, 0.3) is 5.91 Å². The first-order valence-electron chi connectivity index (χ1n) is 15.4. The van der Waals surface area contributed by atoms with Crippen LogP contribution in [0, 0.1) is 5.92 Å². The van der Waals surface area contributed by atoms with Crippen molar-refractivity contribution in [1.82, 2.24) is 29.1 Å². The number of fused-ring (bicyclic) bond motifs is 2. The van der Waals surface area contributed by atoms with E-state index in [1.165, 1.54) is 12.8 Å². The Morgan fingerprint density at radius 3 is 2.51 bits per heavy atom. The Morgan fingerprint density at radius 2 is 1.89 bits per heavy atom. The third kappa shape index (κ3) is 6.85. The highest BCUT2D eigenvalue weighted by molar-refractivity contribution is 6.18. The molecule has 12 heteroatoms. The number of rotatable bonds is 9. The van der Waals surface area contributed by atoms with Crippen molar-refractivity contribution in [2.24, 2.45) is 24.4 Å². The lowest BCUT2D eigenvalue weighted by Gasteiger charge is -2.38. The Labute approximate surface area is 268 Å². The van der Waals surface area contributed by atoms with E-state index >= 15 is 0 Å². The summed E-state index contributed by atoms with van der Waals surface area (Å²) in [4.78, 5) is 33.7. The van der Waals surface area contributed by atoms with Gasteiger partial charge in [0.2, 0.25) is 5.91 Å². The Balaban J connectivity index is 0.000000444. The molecule has 1 unspecified atom stereocenters. The summed E-state index contributed by atoms with van der Waals surface area (Å²) in [7, 11) is 5.57. The SMILES string of the molecule is C=C(CCCl)C(N)=O.CCc1ccc2cc(-c3nc4cc(C(=O)N5CC(N)CCN5C)cc(OC)c4n3C)n(CC3CC3)c2n1. The summed E-state index contributed by atoms with van der Waals surface area (Å²) in [6.45, 7) is 7.70. The summed E-state index contributed by atoms with van der Waals surface area (Å²) in [6.07, 6.45) is 4.76. The normalized spacial score (nSPS) is 16.9. The molecular formula is C33H43ClN8O3. The molecule has 1 aliphatic carbocycles. The standard InChI is InChI=1S/C28H35N7O2.C5H8ClNO/c1-5-21-9-8-18-13-23(34(26(18)30-21)15-17-6-7-17)27-31-22-12-19(14-24(37-4)25(22)33(27)3)28(36)35-16-20(29)10-11-32(35)2;1-4(2-3-6)5(7)8/h8-9,12-14,17,20H,5-7,10-11,15-16,29H2,1-4H3;1-3H2,(H2,7,8). The van der Waals surface area contributed by atoms with Gasteiger partial charge in [0.15, 0.2) is 5.82 Å². The number of nitrogens with two attached hydrogens (primary N) is 2. The molecule has 0 bridgehead atoms. The lowest BCUT2D eigenvalue weighted by molar-refractivity contribution is -0.114. The highest BCUT2D eigenvalue weighted by Gasteiger charge is 2.29. The van der Waals surface area contributed by atoms with Gasteiger partial charge >= 0.3 is 0 Å². The van der Waals surface area contributed by atoms with E-state index in [-0.39, 0.29) is 11.9 Å². The number of imidazole rings is 1. The molecule has 6 rings (SSSR count). The third-order valence-electron chi connectivity index (χ3n) is 8.55. The van der Waals surface area contributed by atoms with Gasteiger partial charge in [0.05, 0.1) is 24.9 Å². The first kappa shape index (κ1) is 32.5. The lowest BCUT2D eigenvalue weighted by Crippen LogP contribution is -2.55. The number of alkyl halides is 1. The molecule has 11 nitrogen and oxygen atoms in total. The maximum atomic E-state index is 13.5. The number of hydrazine groups is 1. The monoisotopic (exact) mass is 634 g/mol. The van der Waals surface area contributed by atoms with Gasteiger partial charge in [-0.3, -0.25) is 14.6 Å². The van der Waals surface area contributed by atoms with Crippen molar-refractivity contribution in [2.75, 3.05) is 33.1 Å². The molecule has 4 aromatic rings. The van der Waals surface area contributed by atoms with Crippen LogP contribution in [0.2, 0.25) is 0 Å². The van der Waals surface area contributed by atoms with E-state index in [0.29, 0.717) is 41.6 Å². The number of hydrogen-bond donors (Lipinski definition) is 2. The summed E-state index contributed by atoms with van der Waals surface area (Å²) in [5.41, 5.74) is 16.7. The molecule has 1 atom stereocenters. The van der Waals surface area contributed by atoms with E-state index in [4.69, 9.17) is 37.8 Å². The molecule has 4 N–H and O–H groups in total. The molecule has 3 aromatic heterocycles. The van der Waals surface area contributed by atoms with Crippen molar-refractivity contribution in [2.45, 2.75) is 51.6 Å². The van der Waals surface area contributed by atoms with Gasteiger partial charge < -0.3 is 25.3 Å². The van der Waals surface area contributed by atoms with Crippen LogP contribution < -0.4 is 16.2 Å². The highest BCUT2D eigenvalue weighted by atomic mass is 35.5. The van der Waals surface area contributed by atoms with E-state index in [0.717, 1.165) is 65.2 Å². The van der Waals surface area contributed by atoms with E-state index in [1.807, 2.05) is 31.2 Å². The van der Waals surface area contributed by atoms with Crippen LogP contribution >= 0.6 is 11.6 Å². The molecule has 2 aliphatic rings. The molecule has 45 heavy (non-hydrogen) atoms. The van der Waals surface area contributed by atoms with E-state index < -0.39 is 5.91 Å². The number of carbonyl (C=O) groups is 2. The van der Waals surface area contributed by atoms with Gasteiger partial charge in [0, 0.05) is 61.3 Å². The van der Waals surface area contributed by atoms with Crippen LogP contribution in [0.25, 0.3) is 33.6 Å². The number of nitrogens with zero attached hydrogens (tertiary/aromatic N) is 6. The third-order valence-corrected chi connectivity index (χ3v) is 8.74. The second-order valence-corrected chi connectivity index (χ2v) is 12.3. The van der Waals surface area contributed by atoms with Crippen LogP contribution in [0.4, 0.5) is 0 Å². The number of methoxy groups -OCH3 is 1. The number of pyridine rings is 1. The number of aromatic nitrogens is 4. The van der Waals surface area contributed by atoms with Gasteiger partial charge in [0.1, 0.15) is 16.9 Å². The number of aryl methyl sites for hydroxylation is 2. The maximum absolute atomic E-state index is 13.5. The minimum Gasteiger partial charge on any atom is -0.494 e. The van der Waals surface area contributed by atoms with Crippen LogP contribution in [-0.2, 0) is 24.8 Å². The van der Waals surface area contributed by atoms with Crippen molar-refractivity contribution in [3.63, 3.8) is 0 Å². The zero-order valence-corrected chi connectivity index (χ0v) is 27.3. The first-order valence-corrected chi connectivity index (χ1v) is 16.0. The molecule has 4 heterocycles. The first-order chi connectivity index (χ1) is 21.6. The summed E-state index contributed by atoms with van der Waals surface area (Å²) >= 11 is 5.27. The van der Waals surface area contributed by atoms with Crippen molar-refractivity contribution in [3.8, 4) is 17.3 Å². The number of amides is 2. The number of ether oxygens (including phenoxy) is 1. The van der Waals surface area contributed by atoms with Gasteiger partial charge in [-0.15, -0.1) is 11.6 Å². The van der Waals surface area contributed by atoms with Gasteiger partial charge in [-0.25, -0.2) is 15.0 Å². The highest BCUT2D eigenvalue weighted by Crippen LogP contribution is 2.37. The van der Waals surface area contributed by atoms with Crippen molar-refractivity contribution >= 4 is 45.5 Å². The second-order valence-electron chi connectivity index (χ2n) is 11.9. The number of primary amides is 1. The number of halogens is 1. The fourth-order valence-electron chi connectivity index (χ4n) is 5.66. The quantitative estimate of drug-likeness (QED) is 0.207. The Morgan fingerprint density at radius 1 is 1.13 bits per heavy atom. The molecule has 0 radical (unpaired) electrons. The topological polar surface area (TPSA) is 138 Å². The molecule has 2 amide bonds. The van der Waals surface area contributed by atoms with Crippen LogP contribution in [0.15, 0.2) is 42.5 Å². The molecule has 240 valence electrons. The number of benzene rings is 1. The Hall–Kier alpha value is -3.93. The van der Waals surface area contributed by atoms with Crippen LogP contribution in [-0.4, -0.2) is 80.1 Å². The van der Waals surface area contributed by atoms with E-state index in [2.05, 4.69) is 40.8 Å². The minimum atomic E-state index is -0.467. The number of hydrogen-bond acceptors (Lipinski definition) is 7. The van der Waals surface area contributed by atoms with Gasteiger partial charge in [-0.1, -0.05) is 13.5 Å². The smallest absolute Gasteiger partial charge is 0.268 e. The zero-order chi connectivity index (χ0) is 32.4. The second kappa shape index (κ2) is 13.6. The fourth-order valence-corrected chi connectivity index (χ4v) is 5.89. The van der Waals surface area contributed by atoms with Crippen LogP contribution in [0.5, 0.6) is 5.75 Å². The van der Waals surface area contributed by atoms with Gasteiger partial charge in [-0.05, 0) is 68.4 Å². The van der Waals surface area contributed by atoms with Crippen molar-refractivity contribution < 1.29 is 14.3 Å². The summed E-state index contributed by atoms with van der Waals surface area (Å²) in [5, 5.41) is 4.79. The van der Waals surface area contributed by atoms with Crippen LogP contribution in [0.3, 0.4) is 0 Å². The van der Waals surface area contributed by atoms with Crippen LogP contribution in [0.1, 0.15) is 48.7 Å². The fraction of sp³-hybridized carbons (Fsp3) is 0.455. The predicted octanol–water partition coefficient (Wildman–Crippen LogP) is 4.25. The minimum absolute atomic E-state index is 0.0255. The molecule has 1 aromatic carbocycles.